The molecule has 0 saturated heterocycles. The summed E-state index contributed by atoms with van der Waals surface area (Å²) in [6.45, 7) is 0.373. The van der Waals surface area contributed by atoms with Gasteiger partial charge in [0.2, 0.25) is 0 Å². The summed E-state index contributed by atoms with van der Waals surface area (Å²) in [6.07, 6.45) is 5.37. The van der Waals surface area contributed by atoms with E-state index >= 15 is 0 Å². The maximum Gasteiger partial charge on any atom is 0.441 e. The first kappa shape index (κ1) is 14.5. The van der Waals surface area contributed by atoms with Gasteiger partial charge < -0.3 is 5.32 Å². The fourth-order valence-corrected chi connectivity index (χ4v) is 2.72. The molecule has 16 heavy (non-hydrogen) atoms. The van der Waals surface area contributed by atoms with Gasteiger partial charge in [0.15, 0.2) is 0 Å². The van der Waals surface area contributed by atoms with Gasteiger partial charge in [0, 0.05) is 23.7 Å². The molecule has 6 heteroatoms. The molecule has 1 N–H and O–H groups in total. The maximum atomic E-state index is 11.9. The Morgan fingerprint density at radius 2 is 1.88 bits per heavy atom. The second-order valence-electron chi connectivity index (χ2n) is 4.01. The predicted octanol–water partition coefficient (Wildman–Crippen LogP) is 3.77. The summed E-state index contributed by atoms with van der Waals surface area (Å²) in [7, 11) is 0. The van der Waals surface area contributed by atoms with Crippen LogP contribution < -0.4 is 5.32 Å². The summed E-state index contributed by atoms with van der Waals surface area (Å²) in [4.78, 5) is 0. The van der Waals surface area contributed by atoms with E-state index in [1.807, 2.05) is 0 Å². The highest BCUT2D eigenvalue weighted by Crippen LogP contribution is 2.29. The van der Waals surface area contributed by atoms with Crippen molar-refractivity contribution in [3.8, 4) is 0 Å². The molecule has 1 fully saturated rings. The van der Waals surface area contributed by atoms with Crippen LogP contribution in [0.2, 0.25) is 0 Å². The second kappa shape index (κ2) is 6.97. The highest BCUT2D eigenvalue weighted by atomic mass is 35.5. The zero-order valence-corrected chi connectivity index (χ0v) is 10.6. The molecule has 1 saturated carbocycles. The Morgan fingerprint density at radius 3 is 2.56 bits per heavy atom. The van der Waals surface area contributed by atoms with Gasteiger partial charge in [0.1, 0.15) is 0 Å². The topological polar surface area (TPSA) is 12.0 Å². The van der Waals surface area contributed by atoms with E-state index in [4.69, 9.17) is 11.6 Å². The minimum Gasteiger partial charge on any atom is -0.312 e. The van der Waals surface area contributed by atoms with Crippen molar-refractivity contribution in [2.45, 2.75) is 49.0 Å². The van der Waals surface area contributed by atoms with E-state index in [-0.39, 0.29) is 28.9 Å². The normalized spacial score (nSPS) is 27.8. The van der Waals surface area contributed by atoms with E-state index in [0.717, 1.165) is 25.7 Å². The lowest BCUT2D eigenvalue weighted by molar-refractivity contribution is -0.0327. The summed E-state index contributed by atoms with van der Waals surface area (Å²) in [5.74, 6) is 0.0591. The fourth-order valence-electron chi connectivity index (χ4n) is 1.90. The van der Waals surface area contributed by atoms with Gasteiger partial charge in [0.05, 0.1) is 0 Å². The molecule has 2 unspecified atom stereocenters. The molecule has 0 radical (unpaired) electrons. The quantitative estimate of drug-likeness (QED) is 0.476. The van der Waals surface area contributed by atoms with Gasteiger partial charge in [-0.05, 0) is 24.6 Å². The first-order chi connectivity index (χ1) is 7.49. The van der Waals surface area contributed by atoms with Gasteiger partial charge in [-0.25, -0.2) is 0 Å². The summed E-state index contributed by atoms with van der Waals surface area (Å²) in [5.41, 5.74) is -4.12. The molecular weight excluding hydrogens is 259 g/mol. The number of nitrogens with one attached hydrogen (secondary N) is 1. The second-order valence-corrected chi connectivity index (χ2v) is 5.73. The molecule has 0 amide bonds. The minimum atomic E-state index is -4.12. The summed E-state index contributed by atoms with van der Waals surface area (Å²) < 4.78 is 35.6. The molecular formula is C10H17ClF3NS. The summed E-state index contributed by atoms with van der Waals surface area (Å²) in [5, 5.41) is 3.20. The number of hydrogen-bond acceptors (Lipinski definition) is 2. The largest absolute Gasteiger partial charge is 0.441 e. The van der Waals surface area contributed by atoms with Crippen molar-refractivity contribution in [2.75, 3.05) is 12.3 Å². The zero-order valence-electron chi connectivity index (χ0n) is 9.02. The van der Waals surface area contributed by atoms with E-state index < -0.39 is 5.51 Å². The van der Waals surface area contributed by atoms with Gasteiger partial charge in [-0.15, -0.1) is 11.6 Å². The van der Waals surface area contributed by atoms with Crippen LogP contribution in [0.1, 0.15) is 32.1 Å². The molecule has 96 valence electrons. The van der Waals surface area contributed by atoms with Crippen LogP contribution in [0.15, 0.2) is 0 Å². The van der Waals surface area contributed by atoms with Gasteiger partial charge in [-0.3, -0.25) is 0 Å². The number of hydrogen-bond donors (Lipinski definition) is 1. The number of thioether (sulfide) groups is 1. The molecule has 0 bridgehead atoms. The average Bonchev–Trinajstić information content (AvgIpc) is 2.37. The first-order valence-electron chi connectivity index (χ1n) is 5.57. The van der Waals surface area contributed by atoms with E-state index in [9.17, 15) is 13.2 Å². The van der Waals surface area contributed by atoms with E-state index in [0.29, 0.717) is 6.54 Å². The summed E-state index contributed by atoms with van der Waals surface area (Å²) >= 11 is 6.19. The number of rotatable bonds is 4. The molecule has 0 aromatic heterocycles. The van der Waals surface area contributed by atoms with Crippen LogP contribution in [-0.4, -0.2) is 29.2 Å². The Labute approximate surface area is 103 Å². The lowest BCUT2D eigenvalue weighted by atomic mass is 10.1. The van der Waals surface area contributed by atoms with Gasteiger partial charge in [0.25, 0.3) is 0 Å². The van der Waals surface area contributed by atoms with Crippen LogP contribution in [0.25, 0.3) is 0 Å². The van der Waals surface area contributed by atoms with Crippen LogP contribution in [0.3, 0.4) is 0 Å². The molecule has 1 aliphatic rings. The highest BCUT2D eigenvalue weighted by Gasteiger charge is 2.28. The Kier molecular flexibility index (Phi) is 6.29. The van der Waals surface area contributed by atoms with E-state index in [2.05, 4.69) is 5.32 Å². The third-order valence-electron chi connectivity index (χ3n) is 2.71. The predicted molar refractivity (Wildman–Crippen MR) is 63.0 cm³/mol. The van der Waals surface area contributed by atoms with Crippen molar-refractivity contribution in [1.29, 1.82) is 0 Å². The average molecular weight is 276 g/mol. The molecule has 1 aliphatic carbocycles. The highest BCUT2D eigenvalue weighted by molar-refractivity contribution is 8.00. The molecule has 1 nitrogen and oxygen atoms in total. The number of halogens is 4. The standard InChI is InChI=1S/C10H17ClF3NS/c11-8-4-2-1-3-5-9(8)15-6-7-16-10(12,13)14/h8-9,15H,1-7H2. The SMILES string of the molecule is FC(F)(F)SCCNC1CCCCCC1Cl. The van der Waals surface area contributed by atoms with Gasteiger partial charge >= 0.3 is 5.51 Å². The van der Waals surface area contributed by atoms with E-state index in [1.54, 1.807) is 0 Å². The van der Waals surface area contributed by atoms with Gasteiger partial charge in [-0.1, -0.05) is 19.3 Å². The van der Waals surface area contributed by atoms with Crippen molar-refractivity contribution in [2.24, 2.45) is 0 Å². The lowest BCUT2D eigenvalue weighted by Gasteiger charge is -2.21. The van der Waals surface area contributed by atoms with Crippen molar-refractivity contribution in [3.05, 3.63) is 0 Å². The smallest absolute Gasteiger partial charge is 0.312 e. The monoisotopic (exact) mass is 275 g/mol. The molecule has 2 atom stereocenters. The molecule has 0 heterocycles. The van der Waals surface area contributed by atoms with E-state index in [1.165, 1.54) is 6.42 Å². The summed E-state index contributed by atoms with van der Waals surface area (Å²) in [6, 6.07) is 0.179. The lowest BCUT2D eigenvalue weighted by Crippen LogP contribution is -2.37. The number of alkyl halides is 4. The molecule has 0 aromatic rings. The Bertz CT molecular complexity index is 201. The molecule has 0 aromatic carbocycles. The van der Waals surface area contributed by atoms with Crippen molar-refractivity contribution in [1.82, 2.24) is 5.32 Å². The van der Waals surface area contributed by atoms with Crippen LogP contribution in [0, 0.1) is 0 Å². The van der Waals surface area contributed by atoms with Crippen LogP contribution in [0.4, 0.5) is 13.2 Å². The fraction of sp³-hybridized carbons (Fsp3) is 1.00. The van der Waals surface area contributed by atoms with Crippen molar-refractivity contribution < 1.29 is 13.2 Å². The molecule has 0 aliphatic heterocycles. The van der Waals surface area contributed by atoms with Gasteiger partial charge in [-0.2, -0.15) is 13.2 Å². The minimum absolute atomic E-state index is 0.0230. The van der Waals surface area contributed by atoms with Crippen molar-refractivity contribution >= 4 is 23.4 Å². The maximum absolute atomic E-state index is 11.9. The third-order valence-corrected chi connectivity index (χ3v) is 3.96. The molecule has 0 spiro atoms. The zero-order chi connectivity index (χ0) is 12.0. The Morgan fingerprint density at radius 1 is 1.19 bits per heavy atom. The van der Waals surface area contributed by atoms with Crippen LogP contribution >= 0.6 is 23.4 Å². The third kappa shape index (κ3) is 6.21. The van der Waals surface area contributed by atoms with Crippen LogP contribution in [-0.2, 0) is 0 Å². The Balaban J connectivity index is 2.15. The first-order valence-corrected chi connectivity index (χ1v) is 6.99. The molecule has 1 rings (SSSR count). The van der Waals surface area contributed by atoms with Crippen LogP contribution in [0.5, 0.6) is 0 Å². The Hall–Kier alpha value is 0.390. The van der Waals surface area contributed by atoms with Crippen molar-refractivity contribution in [3.63, 3.8) is 0 Å².